The van der Waals surface area contributed by atoms with Crippen LogP contribution in [0.5, 0.6) is 0 Å². The highest BCUT2D eigenvalue weighted by Crippen LogP contribution is 2.36. The average molecular weight is 333 g/mol. The molecule has 2 aromatic rings. The maximum absolute atomic E-state index is 10.8. The van der Waals surface area contributed by atoms with Gasteiger partial charge in [0.2, 0.25) is 5.13 Å². The summed E-state index contributed by atoms with van der Waals surface area (Å²) in [6.07, 6.45) is 2.34. The van der Waals surface area contributed by atoms with Gasteiger partial charge in [0.25, 0.3) is 5.69 Å². The molecule has 0 unspecified atom stereocenters. The van der Waals surface area contributed by atoms with E-state index in [1.54, 1.807) is 6.07 Å². The van der Waals surface area contributed by atoms with E-state index in [1.165, 1.54) is 48.1 Å². The fourth-order valence-corrected chi connectivity index (χ4v) is 4.09. The highest BCUT2D eigenvalue weighted by molar-refractivity contribution is 8.01. The minimum Gasteiger partial charge on any atom is -0.347 e. The predicted molar refractivity (Wildman–Crippen MR) is 83.3 cm³/mol. The van der Waals surface area contributed by atoms with Crippen LogP contribution in [0.3, 0.4) is 0 Å². The minimum atomic E-state index is -0.508. The summed E-state index contributed by atoms with van der Waals surface area (Å²) in [7, 11) is 0. The molecular weight excluding hydrogens is 322 g/mol. The van der Waals surface area contributed by atoms with E-state index in [1.807, 2.05) is 6.07 Å². The molecule has 22 heavy (non-hydrogen) atoms. The minimum absolute atomic E-state index is 0.0871. The van der Waals surface area contributed by atoms with E-state index in [-0.39, 0.29) is 11.3 Å². The van der Waals surface area contributed by atoms with Crippen LogP contribution in [0.1, 0.15) is 18.4 Å². The maximum Gasteiger partial charge on any atom is 0.270 e. The zero-order valence-corrected chi connectivity index (χ0v) is 13.1. The van der Waals surface area contributed by atoms with Crippen LogP contribution in [0.25, 0.3) is 0 Å². The smallest absolute Gasteiger partial charge is 0.270 e. The van der Waals surface area contributed by atoms with E-state index in [2.05, 4.69) is 15.1 Å². The molecule has 1 aliphatic heterocycles. The van der Waals surface area contributed by atoms with Crippen molar-refractivity contribution in [1.82, 2.24) is 10.2 Å². The van der Waals surface area contributed by atoms with Crippen molar-refractivity contribution in [2.24, 2.45) is 0 Å². The van der Waals surface area contributed by atoms with Crippen molar-refractivity contribution in [1.29, 1.82) is 5.26 Å². The topological polar surface area (TPSA) is 95.9 Å². The molecule has 0 radical (unpaired) electrons. The summed E-state index contributed by atoms with van der Waals surface area (Å²) in [5.74, 6) is 0. The third-order valence-electron chi connectivity index (χ3n) is 3.26. The third kappa shape index (κ3) is 3.03. The number of rotatable bonds is 4. The lowest BCUT2D eigenvalue weighted by atomic mass is 10.2. The van der Waals surface area contributed by atoms with Crippen molar-refractivity contribution in [2.75, 3.05) is 18.0 Å². The Morgan fingerprint density at radius 2 is 2.14 bits per heavy atom. The normalized spacial score (nSPS) is 14.0. The standard InChI is InChI=1S/C13H11N5O2S2/c14-8-9-7-10(18(19)20)3-4-11(9)21-13-16-15-12(22-13)17-5-1-2-6-17/h3-4,7H,1-2,5-6H2. The molecule has 1 aromatic carbocycles. The molecule has 7 nitrogen and oxygen atoms in total. The van der Waals surface area contributed by atoms with E-state index in [0.29, 0.717) is 4.90 Å². The number of hydrogen-bond acceptors (Lipinski definition) is 8. The Morgan fingerprint density at radius 3 is 2.82 bits per heavy atom. The number of benzene rings is 1. The van der Waals surface area contributed by atoms with Gasteiger partial charge in [-0.15, -0.1) is 10.2 Å². The summed E-state index contributed by atoms with van der Waals surface area (Å²) < 4.78 is 0.729. The highest BCUT2D eigenvalue weighted by atomic mass is 32.2. The van der Waals surface area contributed by atoms with Crippen LogP contribution >= 0.6 is 23.1 Å². The average Bonchev–Trinajstić information content (AvgIpc) is 3.18. The summed E-state index contributed by atoms with van der Waals surface area (Å²) in [6, 6.07) is 6.25. The zero-order valence-electron chi connectivity index (χ0n) is 11.4. The Labute approximate surface area is 134 Å². The molecule has 0 spiro atoms. The van der Waals surface area contributed by atoms with Crippen molar-refractivity contribution < 1.29 is 4.92 Å². The first kappa shape index (κ1) is 14.7. The summed E-state index contributed by atoms with van der Waals surface area (Å²) in [5, 5.41) is 29.1. The van der Waals surface area contributed by atoms with Crippen LogP contribution in [-0.2, 0) is 0 Å². The second kappa shape index (κ2) is 6.29. The van der Waals surface area contributed by atoms with Gasteiger partial charge in [0.15, 0.2) is 4.34 Å². The molecule has 112 valence electrons. The molecule has 9 heteroatoms. The highest BCUT2D eigenvalue weighted by Gasteiger charge is 2.18. The van der Waals surface area contributed by atoms with Crippen molar-refractivity contribution in [3.05, 3.63) is 33.9 Å². The van der Waals surface area contributed by atoms with Gasteiger partial charge in [0.05, 0.1) is 10.5 Å². The number of non-ortho nitro benzene ring substituents is 1. The van der Waals surface area contributed by atoms with E-state index in [0.717, 1.165) is 22.6 Å². The van der Waals surface area contributed by atoms with E-state index in [9.17, 15) is 10.1 Å². The van der Waals surface area contributed by atoms with Gasteiger partial charge < -0.3 is 4.90 Å². The summed E-state index contributed by atoms with van der Waals surface area (Å²) in [4.78, 5) is 13.1. The molecule has 0 atom stereocenters. The van der Waals surface area contributed by atoms with Gasteiger partial charge in [-0.25, -0.2) is 0 Å². The van der Waals surface area contributed by atoms with Gasteiger partial charge in [-0.05, 0) is 18.9 Å². The van der Waals surface area contributed by atoms with Crippen molar-refractivity contribution in [3.8, 4) is 6.07 Å². The predicted octanol–water partition coefficient (Wildman–Crippen LogP) is 3.07. The lowest BCUT2D eigenvalue weighted by Crippen LogP contribution is -2.17. The number of nitrogens with zero attached hydrogens (tertiary/aromatic N) is 5. The molecule has 0 saturated carbocycles. The van der Waals surface area contributed by atoms with Crippen LogP contribution in [0.2, 0.25) is 0 Å². The van der Waals surface area contributed by atoms with Gasteiger partial charge in [0, 0.05) is 30.1 Å². The molecule has 1 aliphatic rings. The van der Waals surface area contributed by atoms with Crippen LogP contribution in [0.15, 0.2) is 27.4 Å². The number of nitriles is 1. The molecule has 0 N–H and O–H groups in total. The number of nitro benzene ring substituents is 1. The first-order chi connectivity index (χ1) is 10.7. The van der Waals surface area contributed by atoms with E-state index >= 15 is 0 Å². The molecule has 2 heterocycles. The fourth-order valence-electron chi connectivity index (χ4n) is 2.18. The summed E-state index contributed by atoms with van der Waals surface area (Å²) in [5.41, 5.74) is 0.188. The quantitative estimate of drug-likeness (QED) is 0.626. The van der Waals surface area contributed by atoms with Crippen LogP contribution in [-0.4, -0.2) is 28.2 Å². The number of aromatic nitrogens is 2. The van der Waals surface area contributed by atoms with E-state index in [4.69, 9.17) is 5.26 Å². The van der Waals surface area contributed by atoms with Crippen molar-refractivity contribution >= 4 is 33.9 Å². The molecule has 0 amide bonds. The number of hydrogen-bond donors (Lipinski definition) is 0. The molecule has 0 bridgehead atoms. The van der Waals surface area contributed by atoms with Gasteiger partial charge in [-0.3, -0.25) is 10.1 Å². The van der Waals surface area contributed by atoms with Gasteiger partial charge in [-0.2, -0.15) is 5.26 Å². The molecular formula is C13H11N5O2S2. The Bertz CT molecular complexity index is 749. The fraction of sp³-hybridized carbons (Fsp3) is 0.308. The van der Waals surface area contributed by atoms with Gasteiger partial charge in [0.1, 0.15) is 6.07 Å². The lowest BCUT2D eigenvalue weighted by molar-refractivity contribution is -0.384. The number of anilines is 1. The van der Waals surface area contributed by atoms with Crippen molar-refractivity contribution in [3.63, 3.8) is 0 Å². The first-order valence-corrected chi connectivity index (χ1v) is 8.25. The Hall–Kier alpha value is -2.18. The Morgan fingerprint density at radius 1 is 1.36 bits per heavy atom. The third-order valence-corrected chi connectivity index (χ3v) is 5.37. The summed E-state index contributed by atoms with van der Waals surface area (Å²) in [6.45, 7) is 2.00. The molecule has 1 saturated heterocycles. The molecule has 1 aromatic heterocycles. The molecule has 1 fully saturated rings. The first-order valence-electron chi connectivity index (χ1n) is 6.62. The Balaban J connectivity index is 1.81. The number of nitro groups is 1. The zero-order chi connectivity index (χ0) is 15.5. The van der Waals surface area contributed by atoms with Crippen LogP contribution in [0.4, 0.5) is 10.8 Å². The second-order valence-corrected chi connectivity index (χ2v) is 6.94. The van der Waals surface area contributed by atoms with Gasteiger partial charge >= 0.3 is 0 Å². The Kier molecular flexibility index (Phi) is 4.22. The second-order valence-electron chi connectivity index (χ2n) is 4.70. The molecule has 0 aliphatic carbocycles. The molecule has 3 rings (SSSR count). The van der Waals surface area contributed by atoms with Crippen LogP contribution in [0, 0.1) is 21.4 Å². The van der Waals surface area contributed by atoms with Crippen LogP contribution < -0.4 is 4.90 Å². The lowest BCUT2D eigenvalue weighted by Gasteiger charge is -2.10. The maximum atomic E-state index is 10.8. The largest absolute Gasteiger partial charge is 0.347 e. The van der Waals surface area contributed by atoms with Gasteiger partial charge in [-0.1, -0.05) is 23.1 Å². The van der Waals surface area contributed by atoms with E-state index < -0.39 is 4.92 Å². The SMILES string of the molecule is N#Cc1cc([N+](=O)[O-])ccc1Sc1nnc(N2CCCC2)s1. The monoisotopic (exact) mass is 333 g/mol. The van der Waals surface area contributed by atoms with Crippen molar-refractivity contribution in [2.45, 2.75) is 22.1 Å². The summed E-state index contributed by atoms with van der Waals surface area (Å²) >= 11 is 2.79.